The number of hydrogen-bond acceptors (Lipinski definition) is 0. The molecule has 1 aromatic heterocycles. The van der Waals surface area contributed by atoms with E-state index in [1.54, 1.807) is 0 Å². The van der Waals surface area contributed by atoms with Gasteiger partial charge in [-0.05, 0) is 12.5 Å². The number of aromatic nitrogens is 1. The molecule has 0 radical (unpaired) electrons. The SMILES string of the molecule is CCc1ccc(CC)[n+](C)c1. The van der Waals surface area contributed by atoms with E-state index in [4.69, 9.17) is 0 Å². The summed E-state index contributed by atoms with van der Waals surface area (Å²) in [5, 5.41) is 0. The van der Waals surface area contributed by atoms with Crippen molar-refractivity contribution in [2.75, 3.05) is 0 Å². The Morgan fingerprint density at radius 2 is 1.91 bits per heavy atom. The normalized spacial score (nSPS) is 10.1. The van der Waals surface area contributed by atoms with Crippen LogP contribution in [0.5, 0.6) is 0 Å². The minimum Gasteiger partial charge on any atom is -0.205 e. The van der Waals surface area contributed by atoms with Crippen LogP contribution in [0, 0.1) is 0 Å². The van der Waals surface area contributed by atoms with Gasteiger partial charge in [-0.1, -0.05) is 13.8 Å². The predicted octanol–water partition coefficient (Wildman–Crippen LogP) is 1.64. The Kier molecular flexibility index (Phi) is 2.64. The Labute approximate surface area is 68.7 Å². The van der Waals surface area contributed by atoms with Crippen LogP contribution in [0.3, 0.4) is 0 Å². The van der Waals surface area contributed by atoms with Gasteiger partial charge in [0.15, 0.2) is 11.9 Å². The molecule has 0 spiro atoms. The average Bonchev–Trinajstić information content (AvgIpc) is 2.04. The highest BCUT2D eigenvalue weighted by atomic mass is 14.9. The fourth-order valence-corrected chi connectivity index (χ4v) is 1.27. The summed E-state index contributed by atoms with van der Waals surface area (Å²) in [5.74, 6) is 0. The maximum atomic E-state index is 2.21. The summed E-state index contributed by atoms with van der Waals surface area (Å²) in [6, 6.07) is 4.41. The first-order valence-corrected chi connectivity index (χ1v) is 4.25. The van der Waals surface area contributed by atoms with Gasteiger partial charge in [0.05, 0.1) is 0 Å². The van der Waals surface area contributed by atoms with Crippen molar-refractivity contribution in [1.29, 1.82) is 0 Å². The molecule has 0 aromatic carbocycles. The van der Waals surface area contributed by atoms with Crippen molar-refractivity contribution in [3.63, 3.8) is 0 Å². The lowest BCUT2D eigenvalue weighted by Crippen LogP contribution is -2.33. The summed E-state index contributed by atoms with van der Waals surface area (Å²) in [7, 11) is 2.11. The zero-order chi connectivity index (χ0) is 8.27. The van der Waals surface area contributed by atoms with Crippen LogP contribution < -0.4 is 4.57 Å². The molecule has 0 unspecified atom stereocenters. The number of hydrogen-bond donors (Lipinski definition) is 0. The minimum atomic E-state index is 1.11. The molecule has 0 N–H and O–H groups in total. The highest BCUT2D eigenvalue weighted by Gasteiger charge is 2.02. The van der Waals surface area contributed by atoms with Gasteiger partial charge in [0, 0.05) is 18.1 Å². The Bertz CT molecular complexity index is 241. The molecule has 0 saturated heterocycles. The molecule has 1 heteroatoms. The number of nitrogens with zero attached hydrogens (tertiary/aromatic N) is 1. The van der Waals surface area contributed by atoms with Crippen LogP contribution in [0.25, 0.3) is 0 Å². The molecule has 1 rings (SSSR count). The summed E-state index contributed by atoms with van der Waals surface area (Å²) in [6.45, 7) is 4.36. The average molecular weight is 150 g/mol. The molecule has 1 nitrogen and oxygen atoms in total. The second-order valence-electron chi connectivity index (χ2n) is 2.85. The van der Waals surface area contributed by atoms with Gasteiger partial charge in [0.1, 0.15) is 7.05 Å². The van der Waals surface area contributed by atoms with Crippen molar-refractivity contribution in [1.82, 2.24) is 0 Å². The van der Waals surface area contributed by atoms with Crippen molar-refractivity contribution in [3.05, 3.63) is 29.6 Å². The van der Waals surface area contributed by atoms with Gasteiger partial charge in [-0.2, -0.15) is 0 Å². The molecule has 0 aliphatic heterocycles. The summed E-state index contributed by atoms with van der Waals surface area (Å²) in [5.41, 5.74) is 2.80. The molecular formula is C10H16N+. The van der Waals surface area contributed by atoms with Gasteiger partial charge in [0.25, 0.3) is 0 Å². The van der Waals surface area contributed by atoms with E-state index in [9.17, 15) is 0 Å². The monoisotopic (exact) mass is 150 g/mol. The summed E-state index contributed by atoms with van der Waals surface area (Å²) in [4.78, 5) is 0. The molecule has 1 heterocycles. The lowest BCUT2D eigenvalue weighted by molar-refractivity contribution is -0.679. The highest BCUT2D eigenvalue weighted by molar-refractivity contribution is 5.08. The smallest absolute Gasteiger partial charge is 0.180 e. The van der Waals surface area contributed by atoms with Crippen molar-refractivity contribution in [2.45, 2.75) is 26.7 Å². The first kappa shape index (κ1) is 8.25. The molecule has 0 fully saturated rings. The number of rotatable bonds is 2. The maximum Gasteiger partial charge on any atom is 0.180 e. The Morgan fingerprint density at radius 3 is 2.36 bits per heavy atom. The van der Waals surface area contributed by atoms with E-state index in [-0.39, 0.29) is 0 Å². The zero-order valence-electron chi connectivity index (χ0n) is 7.59. The molecule has 0 aliphatic rings. The Morgan fingerprint density at radius 1 is 1.18 bits per heavy atom. The van der Waals surface area contributed by atoms with Gasteiger partial charge in [-0.15, -0.1) is 0 Å². The van der Waals surface area contributed by atoms with Gasteiger partial charge < -0.3 is 0 Å². The van der Waals surface area contributed by atoms with Crippen LogP contribution in [0.2, 0.25) is 0 Å². The molecule has 60 valence electrons. The standard InChI is InChI=1S/C10H16N/c1-4-9-6-7-10(5-2)11(3)8-9/h6-8H,4-5H2,1-3H3/q+1. The van der Waals surface area contributed by atoms with Crippen LogP contribution in [0.1, 0.15) is 25.1 Å². The van der Waals surface area contributed by atoms with Crippen LogP contribution in [-0.4, -0.2) is 0 Å². The first-order chi connectivity index (χ1) is 5.27. The second kappa shape index (κ2) is 3.51. The van der Waals surface area contributed by atoms with E-state index >= 15 is 0 Å². The van der Waals surface area contributed by atoms with E-state index in [1.165, 1.54) is 11.3 Å². The molecule has 1 aromatic rings. The van der Waals surface area contributed by atoms with Gasteiger partial charge in [0.2, 0.25) is 0 Å². The number of aryl methyl sites for hydroxylation is 3. The topological polar surface area (TPSA) is 3.88 Å². The zero-order valence-corrected chi connectivity index (χ0v) is 7.59. The van der Waals surface area contributed by atoms with E-state index in [0.717, 1.165) is 12.8 Å². The van der Waals surface area contributed by atoms with Crippen LogP contribution in [0.4, 0.5) is 0 Å². The van der Waals surface area contributed by atoms with Crippen LogP contribution in [0.15, 0.2) is 18.3 Å². The Balaban J connectivity index is 2.99. The van der Waals surface area contributed by atoms with Crippen LogP contribution >= 0.6 is 0 Å². The summed E-state index contributed by atoms with van der Waals surface area (Å²) in [6.07, 6.45) is 4.44. The molecule has 0 atom stereocenters. The molecule has 0 aliphatic carbocycles. The predicted molar refractivity (Wildman–Crippen MR) is 46.4 cm³/mol. The van der Waals surface area contributed by atoms with Crippen molar-refractivity contribution in [3.8, 4) is 0 Å². The maximum absolute atomic E-state index is 2.21. The van der Waals surface area contributed by atoms with E-state index in [1.807, 2.05) is 0 Å². The number of pyridine rings is 1. The minimum absolute atomic E-state index is 1.11. The third-order valence-corrected chi connectivity index (χ3v) is 2.07. The lowest BCUT2D eigenvalue weighted by atomic mass is 10.2. The van der Waals surface area contributed by atoms with Gasteiger partial charge in [-0.25, -0.2) is 4.57 Å². The van der Waals surface area contributed by atoms with Gasteiger partial charge >= 0.3 is 0 Å². The second-order valence-corrected chi connectivity index (χ2v) is 2.85. The lowest BCUT2D eigenvalue weighted by Gasteiger charge is -1.97. The van der Waals surface area contributed by atoms with Gasteiger partial charge in [-0.3, -0.25) is 0 Å². The third kappa shape index (κ3) is 1.79. The van der Waals surface area contributed by atoms with E-state index < -0.39 is 0 Å². The van der Waals surface area contributed by atoms with E-state index in [0.29, 0.717) is 0 Å². The van der Waals surface area contributed by atoms with Crippen molar-refractivity contribution >= 4 is 0 Å². The third-order valence-electron chi connectivity index (χ3n) is 2.07. The largest absolute Gasteiger partial charge is 0.205 e. The molecule has 0 bridgehead atoms. The van der Waals surface area contributed by atoms with E-state index in [2.05, 4.69) is 43.8 Å². The molecule has 0 saturated carbocycles. The van der Waals surface area contributed by atoms with Crippen molar-refractivity contribution in [2.24, 2.45) is 7.05 Å². The van der Waals surface area contributed by atoms with Crippen LogP contribution in [-0.2, 0) is 19.9 Å². The summed E-state index contributed by atoms with van der Waals surface area (Å²) < 4.78 is 2.21. The molecule has 0 amide bonds. The molecular weight excluding hydrogens is 134 g/mol. The first-order valence-electron chi connectivity index (χ1n) is 4.25. The Hall–Kier alpha value is -0.850. The fourth-order valence-electron chi connectivity index (χ4n) is 1.27. The highest BCUT2D eigenvalue weighted by Crippen LogP contribution is 1.98. The van der Waals surface area contributed by atoms with Crippen molar-refractivity contribution < 1.29 is 4.57 Å². The quantitative estimate of drug-likeness (QED) is 0.564. The fraction of sp³-hybridized carbons (Fsp3) is 0.500. The molecule has 11 heavy (non-hydrogen) atoms. The summed E-state index contributed by atoms with van der Waals surface area (Å²) >= 11 is 0.